The van der Waals surface area contributed by atoms with E-state index in [0.717, 1.165) is 6.07 Å². The fourth-order valence-corrected chi connectivity index (χ4v) is 3.56. The summed E-state index contributed by atoms with van der Waals surface area (Å²) in [5, 5.41) is 8.90. The molecule has 0 atom stereocenters. The summed E-state index contributed by atoms with van der Waals surface area (Å²) >= 11 is 0. The third-order valence-electron chi connectivity index (χ3n) is 2.97. The predicted octanol–water partition coefficient (Wildman–Crippen LogP) is 1.25. The van der Waals surface area contributed by atoms with Crippen molar-refractivity contribution in [1.82, 2.24) is 9.21 Å². The summed E-state index contributed by atoms with van der Waals surface area (Å²) in [7, 11) is -0.0257. The van der Waals surface area contributed by atoms with Crippen LogP contribution in [0.5, 0.6) is 0 Å². The summed E-state index contributed by atoms with van der Waals surface area (Å²) in [6.07, 6.45) is 0.676. The van der Waals surface area contributed by atoms with Crippen molar-refractivity contribution in [2.24, 2.45) is 0 Å². The van der Waals surface area contributed by atoms with Crippen LogP contribution >= 0.6 is 0 Å². The lowest BCUT2D eigenvalue weighted by atomic mass is 10.4. The number of furan rings is 1. The number of hydrogen-bond donors (Lipinski definition) is 1. The molecular formula is C13H22N2O5S. The molecule has 0 fully saturated rings. The van der Waals surface area contributed by atoms with Crippen LogP contribution in [0.2, 0.25) is 0 Å². The average molecular weight is 318 g/mol. The van der Waals surface area contributed by atoms with Gasteiger partial charge in [-0.1, -0.05) is 6.92 Å². The summed E-state index contributed by atoms with van der Waals surface area (Å²) in [5.74, 6) is -1.55. The van der Waals surface area contributed by atoms with Gasteiger partial charge in [-0.2, -0.15) is 4.31 Å². The molecule has 0 aliphatic carbocycles. The molecule has 0 spiro atoms. The molecule has 8 heteroatoms. The second-order valence-corrected chi connectivity index (χ2v) is 6.95. The van der Waals surface area contributed by atoms with Gasteiger partial charge >= 0.3 is 5.97 Å². The molecule has 1 rings (SSSR count). The summed E-state index contributed by atoms with van der Waals surface area (Å²) in [6, 6.07) is 1.07. The zero-order valence-electron chi connectivity index (χ0n) is 12.8. The lowest BCUT2D eigenvalue weighted by Crippen LogP contribution is -2.37. The van der Waals surface area contributed by atoms with Crippen molar-refractivity contribution < 1.29 is 22.7 Å². The van der Waals surface area contributed by atoms with E-state index >= 15 is 0 Å². The number of rotatable bonds is 8. The number of aromatic carboxylic acids is 1. The van der Waals surface area contributed by atoms with Gasteiger partial charge in [0.1, 0.15) is 10.7 Å². The van der Waals surface area contributed by atoms with E-state index in [9.17, 15) is 13.2 Å². The van der Waals surface area contributed by atoms with Crippen LogP contribution in [0.25, 0.3) is 0 Å². The van der Waals surface area contributed by atoms with E-state index < -0.39 is 16.0 Å². The quantitative estimate of drug-likeness (QED) is 0.775. The molecule has 1 aromatic heterocycles. The molecule has 7 nitrogen and oxygen atoms in total. The Morgan fingerprint density at radius 3 is 2.33 bits per heavy atom. The minimum atomic E-state index is -3.75. The van der Waals surface area contributed by atoms with Crippen molar-refractivity contribution >= 4 is 16.0 Å². The molecule has 0 saturated heterocycles. The van der Waals surface area contributed by atoms with E-state index in [1.165, 1.54) is 11.2 Å². The second-order valence-electron chi connectivity index (χ2n) is 5.04. The van der Waals surface area contributed by atoms with E-state index in [1.54, 1.807) is 0 Å². The predicted molar refractivity (Wildman–Crippen MR) is 78.0 cm³/mol. The molecule has 0 aliphatic rings. The minimum Gasteiger partial charge on any atom is -0.475 e. The monoisotopic (exact) mass is 318 g/mol. The fourth-order valence-electron chi connectivity index (χ4n) is 1.88. The van der Waals surface area contributed by atoms with Gasteiger partial charge in [-0.15, -0.1) is 0 Å². The molecule has 0 saturated carbocycles. The molecule has 0 amide bonds. The standard InChI is InChI=1S/C13H22N2O5S/c1-5-6-15(8-7-14(3)4)21(18,19)12-9-11(13(16)17)20-10(12)2/h9H,5-8H2,1-4H3,(H,16,17). The first kappa shape index (κ1) is 17.7. The van der Waals surface area contributed by atoms with Gasteiger partial charge in [-0.25, -0.2) is 13.2 Å². The lowest BCUT2D eigenvalue weighted by molar-refractivity contribution is 0.0661. The Bertz CT molecular complexity index is 592. The average Bonchev–Trinajstić information content (AvgIpc) is 2.77. The summed E-state index contributed by atoms with van der Waals surface area (Å²) in [5.41, 5.74) is 0. The van der Waals surface area contributed by atoms with Gasteiger partial charge in [-0.3, -0.25) is 0 Å². The van der Waals surface area contributed by atoms with Crippen LogP contribution in [0, 0.1) is 6.92 Å². The maximum absolute atomic E-state index is 12.6. The van der Waals surface area contributed by atoms with Crippen LogP contribution in [0.15, 0.2) is 15.4 Å². The molecule has 0 unspecified atom stereocenters. The normalized spacial score (nSPS) is 12.3. The van der Waals surface area contributed by atoms with E-state index in [-0.39, 0.29) is 16.4 Å². The Morgan fingerprint density at radius 1 is 1.29 bits per heavy atom. The Labute approximate surface area is 125 Å². The highest BCUT2D eigenvalue weighted by Crippen LogP contribution is 2.24. The van der Waals surface area contributed by atoms with Crippen molar-refractivity contribution in [2.45, 2.75) is 25.2 Å². The molecule has 0 radical (unpaired) electrons. The first-order valence-electron chi connectivity index (χ1n) is 6.68. The van der Waals surface area contributed by atoms with Crippen molar-refractivity contribution in [3.05, 3.63) is 17.6 Å². The molecule has 1 N–H and O–H groups in total. The Kier molecular flexibility index (Phi) is 5.94. The third-order valence-corrected chi connectivity index (χ3v) is 4.98. The summed E-state index contributed by atoms with van der Waals surface area (Å²) in [6.45, 7) is 4.65. The van der Waals surface area contributed by atoms with E-state index in [1.807, 2.05) is 25.9 Å². The second kappa shape index (κ2) is 7.06. The van der Waals surface area contributed by atoms with Gasteiger partial charge < -0.3 is 14.4 Å². The first-order valence-corrected chi connectivity index (χ1v) is 8.12. The van der Waals surface area contributed by atoms with Crippen LogP contribution in [0.3, 0.4) is 0 Å². The van der Waals surface area contributed by atoms with Crippen LogP contribution in [0.1, 0.15) is 29.7 Å². The van der Waals surface area contributed by atoms with Crippen LogP contribution in [0.4, 0.5) is 0 Å². The van der Waals surface area contributed by atoms with E-state index in [0.29, 0.717) is 26.1 Å². The van der Waals surface area contributed by atoms with Gasteiger partial charge in [-0.05, 0) is 27.4 Å². The fraction of sp³-hybridized carbons (Fsp3) is 0.615. The van der Waals surface area contributed by atoms with Crippen molar-refractivity contribution in [3.8, 4) is 0 Å². The molecule has 0 aromatic carbocycles. The smallest absolute Gasteiger partial charge is 0.371 e. The highest BCUT2D eigenvalue weighted by Gasteiger charge is 2.29. The first-order chi connectivity index (χ1) is 9.70. The van der Waals surface area contributed by atoms with Crippen LogP contribution in [-0.4, -0.2) is 62.4 Å². The molecule has 21 heavy (non-hydrogen) atoms. The summed E-state index contributed by atoms with van der Waals surface area (Å²) in [4.78, 5) is 12.7. The number of carboxylic acid groups (broad SMARTS) is 1. The van der Waals surface area contributed by atoms with Gasteiger partial charge in [0.15, 0.2) is 0 Å². The van der Waals surface area contributed by atoms with Crippen molar-refractivity contribution in [2.75, 3.05) is 33.7 Å². The van der Waals surface area contributed by atoms with Crippen molar-refractivity contribution in [3.63, 3.8) is 0 Å². The van der Waals surface area contributed by atoms with Gasteiger partial charge in [0.2, 0.25) is 15.8 Å². The molecule has 0 aliphatic heterocycles. The van der Waals surface area contributed by atoms with Gasteiger partial charge in [0, 0.05) is 25.7 Å². The topological polar surface area (TPSA) is 91.1 Å². The lowest BCUT2D eigenvalue weighted by Gasteiger charge is -2.22. The highest BCUT2D eigenvalue weighted by molar-refractivity contribution is 7.89. The zero-order valence-corrected chi connectivity index (χ0v) is 13.6. The maximum atomic E-state index is 12.6. The highest BCUT2D eigenvalue weighted by atomic mass is 32.2. The van der Waals surface area contributed by atoms with E-state index in [4.69, 9.17) is 9.52 Å². The number of likely N-dealkylation sites (N-methyl/N-ethyl adjacent to an activating group) is 1. The number of nitrogens with zero attached hydrogens (tertiary/aromatic N) is 2. The zero-order chi connectivity index (χ0) is 16.2. The number of carbonyl (C=O) groups is 1. The summed E-state index contributed by atoms with van der Waals surface area (Å²) < 4.78 is 31.7. The number of carboxylic acids is 1. The largest absolute Gasteiger partial charge is 0.475 e. The Morgan fingerprint density at radius 2 is 1.90 bits per heavy atom. The number of aryl methyl sites for hydroxylation is 1. The number of hydrogen-bond acceptors (Lipinski definition) is 5. The van der Waals surface area contributed by atoms with E-state index in [2.05, 4.69) is 0 Å². The maximum Gasteiger partial charge on any atom is 0.371 e. The molecule has 1 heterocycles. The molecule has 1 aromatic rings. The van der Waals surface area contributed by atoms with Gasteiger partial charge in [0.05, 0.1) is 0 Å². The molecular weight excluding hydrogens is 296 g/mol. The minimum absolute atomic E-state index is 0.0768. The van der Waals surface area contributed by atoms with Crippen LogP contribution in [-0.2, 0) is 10.0 Å². The Balaban J connectivity index is 3.13. The molecule has 0 bridgehead atoms. The van der Waals surface area contributed by atoms with Crippen LogP contribution < -0.4 is 0 Å². The SMILES string of the molecule is CCCN(CCN(C)C)S(=O)(=O)c1cc(C(=O)O)oc1C. The Hall–Kier alpha value is -1.38. The van der Waals surface area contributed by atoms with Crippen molar-refractivity contribution in [1.29, 1.82) is 0 Å². The third kappa shape index (κ3) is 4.29. The molecule has 120 valence electrons. The number of sulfonamides is 1. The van der Waals surface area contributed by atoms with Gasteiger partial charge in [0.25, 0.3) is 0 Å².